The van der Waals surface area contributed by atoms with Gasteiger partial charge in [0, 0.05) is 37.0 Å². The second kappa shape index (κ2) is 6.88. The Balaban J connectivity index is 1.44. The van der Waals surface area contributed by atoms with Gasteiger partial charge < -0.3 is 19.4 Å². The van der Waals surface area contributed by atoms with Gasteiger partial charge in [-0.25, -0.2) is 4.98 Å². The maximum absolute atomic E-state index is 13.1. The molecule has 0 aliphatic carbocycles. The van der Waals surface area contributed by atoms with Crippen LogP contribution in [0.2, 0.25) is 0 Å². The van der Waals surface area contributed by atoms with Gasteiger partial charge in [0.05, 0.1) is 6.04 Å². The van der Waals surface area contributed by atoms with Gasteiger partial charge in [-0.3, -0.25) is 4.79 Å². The number of para-hydroxylation sites is 1. The van der Waals surface area contributed by atoms with Crippen LogP contribution in [-0.4, -0.2) is 45.9 Å². The van der Waals surface area contributed by atoms with Crippen LogP contribution in [0, 0.1) is 6.92 Å². The fourth-order valence-electron chi connectivity index (χ4n) is 4.57. The minimum Gasteiger partial charge on any atom is -0.487 e. The van der Waals surface area contributed by atoms with Gasteiger partial charge in [-0.1, -0.05) is 24.3 Å². The topological polar surface area (TPSA) is 58.9 Å². The number of piperidine rings is 1. The lowest BCUT2D eigenvalue weighted by Crippen LogP contribution is -2.51. The summed E-state index contributed by atoms with van der Waals surface area (Å²) in [7, 11) is 2.15. The van der Waals surface area contributed by atoms with E-state index >= 15 is 0 Å². The number of pyridine rings is 1. The maximum atomic E-state index is 13.1. The molecule has 1 fully saturated rings. The summed E-state index contributed by atoms with van der Waals surface area (Å²) in [5.41, 5.74) is 3.12. The molecule has 0 radical (unpaired) electrons. The minimum atomic E-state index is -0.214. The standard InChI is InChI=1S/C23H26N4O2/c1-16-6-5-9-21-24-19(15-27(16)21)22(28)25-18-14-23(10-12-26(2)13-11-23)29-20-8-4-3-7-17(18)20/h3-9,15,18H,10-14H2,1-2H3,(H,25,28)/t18-/m1/s1. The number of fused-ring (bicyclic) bond motifs is 2. The third-order valence-electron chi connectivity index (χ3n) is 6.33. The zero-order valence-electron chi connectivity index (χ0n) is 16.9. The highest BCUT2D eigenvalue weighted by atomic mass is 16.5. The molecule has 6 heteroatoms. The van der Waals surface area contributed by atoms with Crippen molar-refractivity contribution in [1.82, 2.24) is 19.6 Å². The Labute approximate surface area is 170 Å². The summed E-state index contributed by atoms with van der Waals surface area (Å²) in [6.45, 7) is 4.03. The molecule has 29 heavy (non-hydrogen) atoms. The molecule has 1 saturated heterocycles. The lowest BCUT2D eigenvalue weighted by atomic mass is 9.80. The third kappa shape index (κ3) is 3.27. The number of benzene rings is 1. The summed E-state index contributed by atoms with van der Waals surface area (Å²) < 4.78 is 8.44. The molecule has 0 unspecified atom stereocenters. The molecular formula is C23H26N4O2. The summed E-state index contributed by atoms with van der Waals surface area (Å²) in [6, 6.07) is 13.9. The smallest absolute Gasteiger partial charge is 0.271 e. The van der Waals surface area contributed by atoms with Gasteiger partial charge in [-0.15, -0.1) is 0 Å². The van der Waals surface area contributed by atoms with E-state index in [2.05, 4.69) is 28.3 Å². The van der Waals surface area contributed by atoms with Gasteiger partial charge in [-0.2, -0.15) is 0 Å². The van der Waals surface area contributed by atoms with E-state index in [9.17, 15) is 4.79 Å². The molecule has 1 spiro atoms. The quantitative estimate of drug-likeness (QED) is 0.729. The molecule has 2 aromatic heterocycles. The first-order chi connectivity index (χ1) is 14.0. The number of rotatable bonds is 2. The lowest BCUT2D eigenvalue weighted by Gasteiger charge is -2.46. The van der Waals surface area contributed by atoms with Crippen LogP contribution in [-0.2, 0) is 0 Å². The van der Waals surface area contributed by atoms with Crippen LogP contribution >= 0.6 is 0 Å². The van der Waals surface area contributed by atoms with Crippen molar-refractivity contribution < 1.29 is 9.53 Å². The molecule has 0 bridgehead atoms. The first-order valence-electron chi connectivity index (χ1n) is 10.3. The highest BCUT2D eigenvalue weighted by molar-refractivity contribution is 5.93. The number of carbonyl (C=O) groups is 1. The van der Waals surface area contributed by atoms with Crippen LogP contribution in [0.3, 0.4) is 0 Å². The second-order valence-corrected chi connectivity index (χ2v) is 8.38. The first-order valence-corrected chi connectivity index (χ1v) is 10.3. The second-order valence-electron chi connectivity index (χ2n) is 8.38. The van der Waals surface area contributed by atoms with E-state index in [4.69, 9.17) is 4.74 Å². The number of nitrogens with one attached hydrogen (secondary N) is 1. The molecule has 2 aliphatic rings. The monoisotopic (exact) mass is 390 g/mol. The molecule has 5 rings (SSSR count). The van der Waals surface area contributed by atoms with Crippen molar-refractivity contribution in [3.63, 3.8) is 0 Å². The normalized spacial score (nSPS) is 21.0. The average Bonchev–Trinajstić information content (AvgIpc) is 3.16. The SMILES string of the molecule is Cc1cccc2nc(C(=O)N[C@@H]3CC4(CCN(C)CC4)Oc4ccccc43)cn12. The van der Waals surface area contributed by atoms with Crippen molar-refractivity contribution in [3.8, 4) is 5.75 Å². The fourth-order valence-corrected chi connectivity index (χ4v) is 4.57. The number of likely N-dealkylation sites (tertiary alicyclic amines) is 1. The minimum absolute atomic E-state index is 0.0817. The molecule has 3 aromatic rings. The number of hydrogen-bond acceptors (Lipinski definition) is 4. The molecule has 1 aromatic carbocycles. The Bertz CT molecular complexity index is 1070. The Morgan fingerprint density at radius 1 is 1.17 bits per heavy atom. The van der Waals surface area contributed by atoms with E-state index in [1.165, 1.54) is 0 Å². The summed E-state index contributed by atoms with van der Waals surface area (Å²) in [5.74, 6) is 0.748. The van der Waals surface area contributed by atoms with Crippen molar-refractivity contribution in [2.75, 3.05) is 20.1 Å². The van der Waals surface area contributed by atoms with Crippen LogP contribution in [0.4, 0.5) is 0 Å². The number of ether oxygens (including phenoxy) is 1. The molecule has 2 aliphatic heterocycles. The number of hydrogen-bond donors (Lipinski definition) is 1. The van der Waals surface area contributed by atoms with Crippen LogP contribution < -0.4 is 10.1 Å². The zero-order valence-corrected chi connectivity index (χ0v) is 16.9. The van der Waals surface area contributed by atoms with E-state index in [0.29, 0.717) is 5.69 Å². The summed E-state index contributed by atoms with van der Waals surface area (Å²) in [6.07, 6.45) is 4.54. The van der Waals surface area contributed by atoms with Gasteiger partial charge in [0.15, 0.2) is 0 Å². The lowest BCUT2D eigenvalue weighted by molar-refractivity contribution is -0.0196. The Hall–Kier alpha value is -2.86. The van der Waals surface area contributed by atoms with Crippen LogP contribution in [0.15, 0.2) is 48.7 Å². The summed E-state index contributed by atoms with van der Waals surface area (Å²) in [4.78, 5) is 19.9. The first kappa shape index (κ1) is 18.2. The maximum Gasteiger partial charge on any atom is 0.271 e. The zero-order chi connectivity index (χ0) is 20.0. The number of nitrogens with zero attached hydrogens (tertiary/aromatic N) is 3. The van der Waals surface area contributed by atoms with Crippen molar-refractivity contribution in [1.29, 1.82) is 0 Å². The summed E-state index contributed by atoms with van der Waals surface area (Å²) in [5, 5.41) is 3.25. The fraction of sp³-hybridized carbons (Fsp3) is 0.391. The molecule has 1 N–H and O–H groups in total. The van der Waals surface area contributed by atoms with Gasteiger partial charge >= 0.3 is 0 Å². The van der Waals surface area contributed by atoms with E-state index in [0.717, 1.165) is 55.0 Å². The molecular weight excluding hydrogens is 364 g/mol. The van der Waals surface area contributed by atoms with Gasteiger partial charge in [0.1, 0.15) is 22.7 Å². The van der Waals surface area contributed by atoms with E-state index in [1.54, 1.807) is 0 Å². The number of aromatic nitrogens is 2. The number of amides is 1. The van der Waals surface area contributed by atoms with Crippen molar-refractivity contribution >= 4 is 11.6 Å². The Kier molecular flexibility index (Phi) is 4.32. The predicted octanol–water partition coefficient (Wildman–Crippen LogP) is 3.36. The number of aryl methyl sites for hydroxylation is 1. The highest BCUT2D eigenvalue weighted by Crippen LogP contribution is 2.44. The van der Waals surface area contributed by atoms with Crippen LogP contribution in [0.25, 0.3) is 5.65 Å². The van der Waals surface area contributed by atoms with Gasteiger partial charge in [0.2, 0.25) is 0 Å². The molecule has 0 saturated carbocycles. The van der Waals surface area contributed by atoms with Gasteiger partial charge in [-0.05, 0) is 45.0 Å². The van der Waals surface area contributed by atoms with Crippen molar-refractivity contribution in [2.45, 2.75) is 37.8 Å². The van der Waals surface area contributed by atoms with Crippen molar-refractivity contribution in [2.24, 2.45) is 0 Å². The number of imidazole rings is 1. The predicted molar refractivity (Wildman–Crippen MR) is 111 cm³/mol. The van der Waals surface area contributed by atoms with E-state index < -0.39 is 0 Å². The Morgan fingerprint density at radius 3 is 2.76 bits per heavy atom. The molecule has 1 amide bonds. The molecule has 6 nitrogen and oxygen atoms in total. The van der Waals surface area contributed by atoms with Crippen molar-refractivity contribution in [3.05, 3.63) is 65.6 Å². The largest absolute Gasteiger partial charge is 0.487 e. The molecule has 150 valence electrons. The van der Waals surface area contributed by atoms with Crippen LogP contribution in [0.1, 0.15) is 47.1 Å². The Morgan fingerprint density at radius 2 is 1.97 bits per heavy atom. The van der Waals surface area contributed by atoms with E-state index in [-0.39, 0.29) is 17.6 Å². The number of carbonyl (C=O) groups excluding carboxylic acids is 1. The molecule has 4 heterocycles. The highest BCUT2D eigenvalue weighted by Gasteiger charge is 2.43. The van der Waals surface area contributed by atoms with Gasteiger partial charge in [0.25, 0.3) is 5.91 Å². The average molecular weight is 390 g/mol. The molecule has 1 atom stereocenters. The van der Waals surface area contributed by atoms with E-state index in [1.807, 2.05) is 53.9 Å². The van der Waals surface area contributed by atoms with Crippen LogP contribution in [0.5, 0.6) is 5.75 Å². The summed E-state index contributed by atoms with van der Waals surface area (Å²) >= 11 is 0. The third-order valence-corrected chi connectivity index (χ3v) is 6.33.